The van der Waals surface area contributed by atoms with Crippen LogP contribution < -0.4 is 0 Å². The third-order valence-electron chi connectivity index (χ3n) is 9.75. The predicted molar refractivity (Wildman–Crippen MR) is 221 cm³/mol. The molecule has 53 heavy (non-hydrogen) atoms. The van der Waals surface area contributed by atoms with Gasteiger partial charge in [-0.2, -0.15) is 0 Å². The molecule has 2 heterocycles. The molecular weight excluding hydrogens is 665 g/mol. The Kier molecular flexibility index (Phi) is 7.63. The van der Waals surface area contributed by atoms with Crippen LogP contribution in [0.5, 0.6) is 0 Å². The van der Waals surface area contributed by atoms with Crippen molar-refractivity contribution in [2.24, 2.45) is 0 Å². The number of aromatic nitrogens is 4. The van der Waals surface area contributed by atoms with Gasteiger partial charge in [-0.15, -0.1) is 11.3 Å². The lowest BCUT2D eigenvalue weighted by Gasteiger charge is -2.17. The summed E-state index contributed by atoms with van der Waals surface area (Å²) >= 11 is 1.72. The van der Waals surface area contributed by atoms with Crippen LogP contribution in [0.25, 0.3) is 98.7 Å². The van der Waals surface area contributed by atoms with E-state index >= 15 is 0 Å². The first-order chi connectivity index (χ1) is 26.2. The van der Waals surface area contributed by atoms with Crippen molar-refractivity contribution in [3.63, 3.8) is 0 Å². The summed E-state index contributed by atoms with van der Waals surface area (Å²) in [6.45, 7) is 0. The summed E-state index contributed by atoms with van der Waals surface area (Å²) in [6, 6.07) is 63.6. The lowest BCUT2D eigenvalue weighted by Crippen LogP contribution is -2.00. The Hall–Kier alpha value is -6.82. The molecule has 248 valence electrons. The summed E-state index contributed by atoms with van der Waals surface area (Å²) in [6.07, 6.45) is 0. The van der Waals surface area contributed by atoms with Crippen molar-refractivity contribution in [1.29, 1.82) is 0 Å². The Morgan fingerprint density at radius 2 is 0.868 bits per heavy atom. The number of thiazole rings is 1. The molecular formula is C48H30N4S. The summed E-state index contributed by atoms with van der Waals surface area (Å²) in [7, 11) is 0. The van der Waals surface area contributed by atoms with Crippen LogP contribution in [0.2, 0.25) is 0 Å². The zero-order valence-corrected chi connectivity index (χ0v) is 29.3. The number of fused-ring (bicyclic) bond motifs is 4. The van der Waals surface area contributed by atoms with Crippen LogP contribution in [-0.2, 0) is 0 Å². The van der Waals surface area contributed by atoms with Gasteiger partial charge in [0.05, 0.1) is 10.2 Å². The van der Waals surface area contributed by atoms with Crippen molar-refractivity contribution >= 4 is 43.1 Å². The van der Waals surface area contributed by atoms with E-state index in [0.29, 0.717) is 17.5 Å². The van der Waals surface area contributed by atoms with Crippen molar-refractivity contribution in [1.82, 2.24) is 19.9 Å². The van der Waals surface area contributed by atoms with Gasteiger partial charge in [0.1, 0.15) is 5.01 Å². The highest BCUT2D eigenvalue weighted by molar-refractivity contribution is 7.21. The van der Waals surface area contributed by atoms with Crippen molar-refractivity contribution < 1.29 is 0 Å². The Morgan fingerprint density at radius 3 is 1.55 bits per heavy atom. The van der Waals surface area contributed by atoms with Gasteiger partial charge >= 0.3 is 0 Å². The fraction of sp³-hybridized carbons (Fsp3) is 0. The van der Waals surface area contributed by atoms with Gasteiger partial charge in [0.2, 0.25) is 0 Å². The van der Waals surface area contributed by atoms with E-state index in [1.54, 1.807) is 11.3 Å². The maximum Gasteiger partial charge on any atom is 0.164 e. The van der Waals surface area contributed by atoms with Crippen LogP contribution in [0.1, 0.15) is 0 Å². The third kappa shape index (κ3) is 5.74. The van der Waals surface area contributed by atoms with Crippen LogP contribution in [0.15, 0.2) is 182 Å². The molecule has 10 aromatic rings. The molecule has 0 aliphatic heterocycles. The van der Waals surface area contributed by atoms with Crippen LogP contribution >= 0.6 is 11.3 Å². The lowest BCUT2D eigenvalue weighted by molar-refractivity contribution is 1.07. The molecule has 0 N–H and O–H groups in total. The minimum Gasteiger partial charge on any atom is -0.236 e. The van der Waals surface area contributed by atoms with E-state index in [4.69, 9.17) is 19.9 Å². The highest BCUT2D eigenvalue weighted by Gasteiger charge is 2.18. The number of hydrogen-bond acceptors (Lipinski definition) is 5. The molecule has 0 aliphatic rings. The maximum atomic E-state index is 5.10. The van der Waals surface area contributed by atoms with Crippen molar-refractivity contribution in [3.05, 3.63) is 182 Å². The second-order valence-electron chi connectivity index (χ2n) is 13.1. The quantitative estimate of drug-likeness (QED) is 0.163. The first-order valence-electron chi connectivity index (χ1n) is 17.6. The molecule has 8 aromatic carbocycles. The molecule has 0 amide bonds. The molecule has 0 unspecified atom stereocenters. The SMILES string of the molecule is c1ccc(-c2nc(-c3ccccc3)nc(-c3ccc(-c4ccc5sc(-c6ccccc6)nc5c4)c(-c4cc5ccccc5c5ccccc45)c3)n2)cc1. The Labute approximate surface area is 310 Å². The van der Waals surface area contributed by atoms with Gasteiger partial charge in [0.25, 0.3) is 0 Å². The highest BCUT2D eigenvalue weighted by atomic mass is 32.1. The van der Waals surface area contributed by atoms with Crippen molar-refractivity contribution in [2.75, 3.05) is 0 Å². The molecule has 10 rings (SSSR count). The van der Waals surface area contributed by atoms with Gasteiger partial charge in [0.15, 0.2) is 17.5 Å². The second kappa shape index (κ2) is 13.1. The van der Waals surface area contributed by atoms with E-state index in [1.807, 2.05) is 66.7 Å². The highest BCUT2D eigenvalue weighted by Crippen LogP contribution is 2.42. The largest absolute Gasteiger partial charge is 0.236 e. The minimum absolute atomic E-state index is 0.623. The van der Waals surface area contributed by atoms with Gasteiger partial charge in [-0.1, -0.05) is 158 Å². The van der Waals surface area contributed by atoms with Crippen LogP contribution in [-0.4, -0.2) is 19.9 Å². The number of hydrogen-bond donors (Lipinski definition) is 0. The standard InChI is InChI=1S/C48H30N4S/c1-4-14-31(15-5-1)45-50-46(32-16-6-2-7-17-32)52-47(51-45)36-24-26-38(35-25-27-44-43(30-35)49-48(53-44)33-18-8-3-9-19-33)41(29-36)42-28-34-20-10-11-21-37(34)39-22-12-13-23-40(39)42/h1-30H. The predicted octanol–water partition coefficient (Wildman–Crippen LogP) is 12.8. The smallest absolute Gasteiger partial charge is 0.164 e. The molecule has 4 nitrogen and oxygen atoms in total. The lowest BCUT2D eigenvalue weighted by atomic mass is 9.88. The molecule has 0 radical (unpaired) electrons. The number of benzene rings is 8. The molecule has 0 fully saturated rings. The molecule has 0 atom stereocenters. The molecule has 0 saturated heterocycles. The number of rotatable bonds is 6. The molecule has 0 saturated carbocycles. The first-order valence-corrected chi connectivity index (χ1v) is 18.5. The molecule has 0 spiro atoms. The van der Waals surface area contributed by atoms with Gasteiger partial charge < -0.3 is 0 Å². The van der Waals surface area contributed by atoms with E-state index in [2.05, 4.69) is 115 Å². The first kappa shape index (κ1) is 31.0. The van der Waals surface area contributed by atoms with Crippen molar-refractivity contribution in [2.45, 2.75) is 0 Å². The van der Waals surface area contributed by atoms with Gasteiger partial charge in [-0.25, -0.2) is 19.9 Å². The topological polar surface area (TPSA) is 51.6 Å². The van der Waals surface area contributed by atoms with E-state index in [-0.39, 0.29) is 0 Å². The maximum absolute atomic E-state index is 5.10. The summed E-state index contributed by atoms with van der Waals surface area (Å²) in [5, 5.41) is 5.86. The average Bonchev–Trinajstić information content (AvgIpc) is 3.68. The van der Waals surface area contributed by atoms with E-state index in [0.717, 1.165) is 59.7 Å². The van der Waals surface area contributed by atoms with Crippen LogP contribution in [0.4, 0.5) is 0 Å². The fourth-order valence-electron chi connectivity index (χ4n) is 7.17. The van der Waals surface area contributed by atoms with Gasteiger partial charge in [-0.3, -0.25) is 0 Å². The molecule has 0 aliphatic carbocycles. The minimum atomic E-state index is 0.623. The summed E-state index contributed by atoms with van der Waals surface area (Å²) in [5.74, 6) is 1.90. The van der Waals surface area contributed by atoms with Crippen LogP contribution in [0, 0.1) is 0 Å². The monoisotopic (exact) mass is 694 g/mol. The number of nitrogens with zero attached hydrogens (tertiary/aromatic N) is 4. The van der Waals surface area contributed by atoms with E-state index < -0.39 is 0 Å². The van der Waals surface area contributed by atoms with Crippen LogP contribution in [0.3, 0.4) is 0 Å². The molecule has 0 bridgehead atoms. The van der Waals surface area contributed by atoms with Gasteiger partial charge in [-0.05, 0) is 68.1 Å². The average molecular weight is 695 g/mol. The molecule has 2 aromatic heterocycles. The zero-order chi connectivity index (χ0) is 35.1. The third-order valence-corrected chi connectivity index (χ3v) is 10.8. The van der Waals surface area contributed by atoms with Gasteiger partial charge in [0, 0.05) is 22.3 Å². The van der Waals surface area contributed by atoms with Crippen molar-refractivity contribution in [3.8, 4) is 67.0 Å². The van der Waals surface area contributed by atoms with E-state index in [9.17, 15) is 0 Å². The summed E-state index contributed by atoms with van der Waals surface area (Å²) in [5.41, 5.74) is 9.39. The molecule has 5 heteroatoms. The fourth-order valence-corrected chi connectivity index (χ4v) is 8.12. The summed E-state index contributed by atoms with van der Waals surface area (Å²) in [4.78, 5) is 20.2. The summed E-state index contributed by atoms with van der Waals surface area (Å²) < 4.78 is 1.16. The van der Waals surface area contributed by atoms with E-state index in [1.165, 1.54) is 21.5 Å². The Bertz CT molecular complexity index is 2880. The Morgan fingerprint density at radius 1 is 0.321 bits per heavy atom. The normalized spacial score (nSPS) is 11.4. The Balaban J connectivity index is 1.21. The second-order valence-corrected chi connectivity index (χ2v) is 14.1. The zero-order valence-electron chi connectivity index (χ0n) is 28.5.